The number of hydrogen-bond acceptors (Lipinski definition) is 5. The quantitative estimate of drug-likeness (QED) is 0.899. The second-order valence-electron chi connectivity index (χ2n) is 6.46. The van der Waals surface area contributed by atoms with E-state index < -0.39 is 6.09 Å². The van der Waals surface area contributed by atoms with Gasteiger partial charge in [0, 0.05) is 31.5 Å². The summed E-state index contributed by atoms with van der Waals surface area (Å²) in [5.74, 6) is 0.577. The molecule has 2 aliphatic rings. The lowest BCUT2D eigenvalue weighted by Crippen LogP contribution is -2.23. The number of halogens is 1. The summed E-state index contributed by atoms with van der Waals surface area (Å²) < 4.78 is 24.1. The highest BCUT2D eigenvalue weighted by atomic mass is 19.1. The van der Waals surface area contributed by atoms with E-state index in [0.717, 1.165) is 48.7 Å². The van der Waals surface area contributed by atoms with Gasteiger partial charge in [0.25, 0.3) is 0 Å². The van der Waals surface area contributed by atoms with Gasteiger partial charge in [-0.1, -0.05) is 6.07 Å². The van der Waals surface area contributed by atoms with E-state index in [1.54, 1.807) is 12.1 Å². The van der Waals surface area contributed by atoms with Gasteiger partial charge in [-0.3, -0.25) is 5.01 Å². The number of nitrogens with one attached hydrogen (secondary N) is 1. The second-order valence-corrected chi connectivity index (χ2v) is 6.46. The maximum Gasteiger partial charge on any atom is 0.407 e. The summed E-state index contributed by atoms with van der Waals surface area (Å²) in [4.78, 5) is 11.2. The number of anilines is 1. The molecule has 7 heteroatoms. The van der Waals surface area contributed by atoms with Crippen LogP contribution >= 0.6 is 0 Å². The van der Waals surface area contributed by atoms with Crippen LogP contribution in [0.3, 0.4) is 0 Å². The van der Waals surface area contributed by atoms with Crippen LogP contribution in [-0.2, 0) is 17.7 Å². The minimum absolute atomic E-state index is 0.0637. The Labute approximate surface area is 156 Å². The van der Waals surface area contributed by atoms with E-state index in [1.807, 2.05) is 17.1 Å². The Morgan fingerprint density at radius 3 is 3.04 bits per heavy atom. The van der Waals surface area contributed by atoms with Crippen molar-refractivity contribution in [3.8, 4) is 5.75 Å². The molecule has 0 spiro atoms. The van der Waals surface area contributed by atoms with Crippen LogP contribution in [0.15, 0.2) is 41.5 Å². The molecule has 0 aliphatic carbocycles. The number of amides is 1. The van der Waals surface area contributed by atoms with Crippen molar-refractivity contribution in [1.29, 1.82) is 0 Å². The Kier molecular flexibility index (Phi) is 4.66. The van der Waals surface area contributed by atoms with Gasteiger partial charge in [0.2, 0.25) is 0 Å². The Bertz CT molecular complexity index is 913. The molecule has 0 unspecified atom stereocenters. The molecule has 2 aromatic carbocycles. The normalized spacial score (nSPS) is 15.2. The van der Waals surface area contributed by atoms with Crippen LogP contribution in [0.25, 0.3) is 0 Å². The fourth-order valence-electron chi connectivity index (χ4n) is 3.31. The van der Waals surface area contributed by atoms with Crippen molar-refractivity contribution < 1.29 is 18.7 Å². The van der Waals surface area contributed by atoms with Crippen LogP contribution in [-0.4, -0.2) is 32.1 Å². The molecule has 0 saturated carbocycles. The summed E-state index contributed by atoms with van der Waals surface area (Å²) in [6.45, 7) is 1.56. The highest BCUT2D eigenvalue weighted by Crippen LogP contribution is 2.31. The first-order chi connectivity index (χ1) is 13.1. The number of rotatable bonds is 4. The maximum atomic E-state index is 14.0. The zero-order valence-corrected chi connectivity index (χ0v) is 15.0. The predicted molar refractivity (Wildman–Crippen MR) is 99.8 cm³/mol. The first kappa shape index (κ1) is 17.3. The number of benzene rings is 2. The molecule has 1 N–H and O–H groups in total. The van der Waals surface area contributed by atoms with Crippen LogP contribution in [0.2, 0.25) is 0 Å². The lowest BCUT2D eigenvalue weighted by atomic mass is 10.0. The third-order valence-electron chi connectivity index (χ3n) is 4.76. The zero-order valence-electron chi connectivity index (χ0n) is 15.0. The summed E-state index contributed by atoms with van der Waals surface area (Å²) >= 11 is 0. The third-order valence-corrected chi connectivity index (χ3v) is 4.76. The zero-order chi connectivity index (χ0) is 18.8. The van der Waals surface area contributed by atoms with E-state index in [4.69, 9.17) is 9.84 Å². The van der Waals surface area contributed by atoms with Crippen molar-refractivity contribution in [2.45, 2.75) is 19.4 Å². The minimum atomic E-state index is -0.593. The van der Waals surface area contributed by atoms with Crippen LogP contribution in [0.4, 0.5) is 14.9 Å². The maximum absolute atomic E-state index is 14.0. The highest BCUT2D eigenvalue weighted by Gasteiger charge is 2.20. The average Bonchev–Trinajstić information content (AvgIpc) is 3.35. The molecule has 6 nitrogen and oxygen atoms in total. The minimum Gasteiger partial charge on any atom is -0.493 e. The van der Waals surface area contributed by atoms with E-state index in [-0.39, 0.29) is 12.4 Å². The molecular formula is C20H20FN3O3. The van der Waals surface area contributed by atoms with Gasteiger partial charge < -0.3 is 14.8 Å². The molecule has 0 bridgehead atoms. The van der Waals surface area contributed by atoms with Gasteiger partial charge in [0.15, 0.2) is 0 Å². The van der Waals surface area contributed by atoms with Crippen molar-refractivity contribution in [3.05, 3.63) is 58.9 Å². The monoisotopic (exact) mass is 369 g/mol. The van der Waals surface area contributed by atoms with Gasteiger partial charge in [-0.15, -0.1) is 0 Å². The number of methoxy groups -OCH3 is 1. The Morgan fingerprint density at radius 1 is 1.30 bits per heavy atom. The fraction of sp³-hybridized carbons (Fsp3) is 0.300. The molecule has 4 rings (SSSR count). The molecule has 1 amide bonds. The second kappa shape index (κ2) is 7.26. The summed E-state index contributed by atoms with van der Waals surface area (Å²) in [6, 6.07) is 11.0. The molecule has 140 valence electrons. The summed E-state index contributed by atoms with van der Waals surface area (Å²) in [5.41, 5.74) is 4.38. The van der Waals surface area contributed by atoms with Gasteiger partial charge >= 0.3 is 6.09 Å². The number of hydrazone groups is 1. The Hall–Kier alpha value is -3.09. The third kappa shape index (κ3) is 3.58. The molecule has 0 radical (unpaired) electrons. The average molecular weight is 369 g/mol. The largest absolute Gasteiger partial charge is 0.493 e. The van der Waals surface area contributed by atoms with Crippen LogP contribution in [0.5, 0.6) is 5.75 Å². The van der Waals surface area contributed by atoms with Gasteiger partial charge in [-0.05, 0) is 41.5 Å². The highest BCUT2D eigenvalue weighted by molar-refractivity contribution is 6.02. The fourth-order valence-corrected chi connectivity index (χ4v) is 3.31. The topological polar surface area (TPSA) is 63.2 Å². The van der Waals surface area contributed by atoms with E-state index in [0.29, 0.717) is 5.56 Å². The number of alkyl carbamates (subject to hydrolysis) is 1. The predicted octanol–water partition coefficient (Wildman–Crippen LogP) is 3.23. The molecule has 2 aromatic rings. The van der Waals surface area contributed by atoms with E-state index in [2.05, 4.69) is 16.1 Å². The van der Waals surface area contributed by atoms with Gasteiger partial charge in [-0.2, -0.15) is 5.10 Å². The lowest BCUT2D eigenvalue weighted by molar-refractivity contribution is 0.170. The summed E-state index contributed by atoms with van der Waals surface area (Å²) in [6.07, 6.45) is 1.09. The first-order valence-corrected chi connectivity index (χ1v) is 8.85. The van der Waals surface area contributed by atoms with Gasteiger partial charge in [-0.25, -0.2) is 9.18 Å². The number of hydrogen-bond donors (Lipinski definition) is 1. The Morgan fingerprint density at radius 2 is 2.19 bits per heavy atom. The summed E-state index contributed by atoms with van der Waals surface area (Å²) in [5, 5.41) is 9.18. The molecule has 27 heavy (non-hydrogen) atoms. The Balaban J connectivity index is 1.53. The van der Waals surface area contributed by atoms with Crippen molar-refractivity contribution in [2.24, 2.45) is 5.10 Å². The molecule has 2 heterocycles. The van der Waals surface area contributed by atoms with Gasteiger partial charge in [0.05, 0.1) is 25.1 Å². The van der Waals surface area contributed by atoms with Crippen LogP contribution in [0, 0.1) is 5.82 Å². The van der Waals surface area contributed by atoms with Crippen molar-refractivity contribution in [1.82, 2.24) is 5.32 Å². The van der Waals surface area contributed by atoms with Gasteiger partial charge in [0.1, 0.15) is 11.6 Å². The number of nitrogens with zero attached hydrogens (tertiary/aromatic N) is 2. The van der Waals surface area contributed by atoms with E-state index in [1.165, 1.54) is 18.7 Å². The van der Waals surface area contributed by atoms with E-state index >= 15 is 0 Å². The van der Waals surface area contributed by atoms with E-state index in [9.17, 15) is 9.18 Å². The lowest BCUT2D eigenvalue weighted by Gasteiger charge is -2.14. The number of carbonyl (C=O) groups is 1. The van der Waals surface area contributed by atoms with Crippen LogP contribution in [0.1, 0.15) is 23.1 Å². The number of ether oxygens (including phenoxy) is 2. The molecule has 0 atom stereocenters. The smallest absolute Gasteiger partial charge is 0.407 e. The van der Waals surface area contributed by atoms with Crippen LogP contribution < -0.4 is 15.1 Å². The first-order valence-electron chi connectivity index (χ1n) is 8.85. The van der Waals surface area contributed by atoms with Crippen molar-refractivity contribution in [3.63, 3.8) is 0 Å². The summed E-state index contributed by atoms with van der Waals surface area (Å²) in [7, 11) is 1.27. The van der Waals surface area contributed by atoms with Crippen molar-refractivity contribution in [2.75, 3.05) is 25.3 Å². The number of fused-ring (bicyclic) bond motifs is 1. The molecule has 0 fully saturated rings. The SMILES string of the molecule is COC(=O)NCc1cc(C2=NN(c3ccc4c(c3)CCO4)CC2)ccc1F. The molecule has 2 aliphatic heterocycles. The molecule has 0 saturated heterocycles. The standard InChI is InChI=1S/C20H20FN3O3/c1-26-20(25)22-12-15-10-13(2-4-17(15)21)18-6-8-24(23-18)16-3-5-19-14(11-16)7-9-27-19/h2-5,10-11H,6-9,12H2,1H3,(H,22,25). The molecular weight excluding hydrogens is 349 g/mol. The molecule has 0 aromatic heterocycles. The van der Waals surface area contributed by atoms with Crippen molar-refractivity contribution >= 4 is 17.5 Å². The number of carbonyl (C=O) groups excluding carboxylic acids is 1.